The van der Waals surface area contributed by atoms with Gasteiger partial charge in [0.05, 0.1) is 16.1 Å². The van der Waals surface area contributed by atoms with E-state index < -0.39 is 16.0 Å². The van der Waals surface area contributed by atoms with Crippen LogP contribution in [0.1, 0.15) is 27.9 Å². The van der Waals surface area contributed by atoms with Gasteiger partial charge in [0.15, 0.2) is 0 Å². The summed E-state index contributed by atoms with van der Waals surface area (Å²) in [6.07, 6.45) is 2.26. The van der Waals surface area contributed by atoms with Gasteiger partial charge in [0, 0.05) is 0 Å². The molecule has 0 bridgehead atoms. The van der Waals surface area contributed by atoms with E-state index in [-0.39, 0.29) is 10.5 Å². The van der Waals surface area contributed by atoms with Gasteiger partial charge in [-0.1, -0.05) is 72.8 Å². The lowest BCUT2D eigenvalue weighted by Crippen LogP contribution is -2.14. The molecule has 0 aromatic heterocycles. The SMILES string of the molecule is O=C(O)c1ccc(CCCc2ccccc2NS(=O)(=O)c2ccc(-c3ccccc3)cc2)cc1. The quantitative estimate of drug-likeness (QED) is 0.312. The minimum atomic E-state index is -3.73. The number of benzene rings is 4. The first-order chi connectivity index (χ1) is 16.4. The van der Waals surface area contributed by atoms with Crippen molar-refractivity contribution in [2.45, 2.75) is 24.2 Å². The molecule has 0 unspecified atom stereocenters. The lowest BCUT2D eigenvalue weighted by Gasteiger charge is -2.13. The molecule has 0 saturated heterocycles. The maximum absolute atomic E-state index is 13.0. The summed E-state index contributed by atoms with van der Waals surface area (Å²) >= 11 is 0. The largest absolute Gasteiger partial charge is 0.478 e. The third-order valence-corrected chi connectivity index (χ3v) is 7.03. The van der Waals surface area contributed by atoms with E-state index in [1.165, 1.54) is 0 Å². The second-order valence-electron chi connectivity index (χ2n) is 8.01. The van der Waals surface area contributed by atoms with Crippen LogP contribution in [-0.2, 0) is 22.9 Å². The van der Waals surface area contributed by atoms with Crippen molar-refractivity contribution >= 4 is 21.7 Å². The van der Waals surface area contributed by atoms with Crippen LogP contribution in [0.5, 0.6) is 0 Å². The molecule has 2 N–H and O–H groups in total. The minimum absolute atomic E-state index is 0.209. The number of aryl methyl sites for hydroxylation is 2. The molecule has 0 saturated carbocycles. The van der Waals surface area contributed by atoms with Crippen molar-refractivity contribution < 1.29 is 18.3 Å². The van der Waals surface area contributed by atoms with Crippen LogP contribution in [0.4, 0.5) is 5.69 Å². The predicted octanol–water partition coefficient (Wildman–Crippen LogP) is 6.03. The summed E-state index contributed by atoms with van der Waals surface area (Å²) in [5, 5.41) is 9.02. The van der Waals surface area contributed by atoms with Gasteiger partial charge >= 0.3 is 5.97 Å². The van der Waals surface area contributed by atoms with Crippen LogP contribution in [-0.4, -0.2) is 19.5 Å². The molecule has 0 aliphatic carbocycles. The summed E-state index contributed by atoms with van der Waals surface area (Å²) in [6.45, 7) is 0. The van der Waals surface area contributed by atoms with E-state index in [4.69, 9.17) is 5.11 Å². The van der Waals surface area contributed by atoms with Gasteiger partial charge in [0.2, 0.25) is 0 Å². The summed E-state index contributed by atoms with van der Waals surface area (Å²) in [7, 11) is -3.73. The van der Waals surface area contributed by atoms with E-state index in [0.29, 0.717) is 12.1 Å². The fourth-order valence-electron chi connectivity index (χ4n) is 3.80. The van der Waals surface area contributed by atoms with Crippen LogP contribution >= 0.6 is 0 Å². The van der Waals surface area contributed by atoms with Crippen molar-refractivity contribution in [3.63, 3.8) is 0 Å². The van der Waals surface area contributed by atoms with Crippen molar-refractivity contribution in [1.82, 2.24) is 0 Å². The lowest BCUT2D eigenvalue weighted by atomic mass is 10.0. The number of hydrogen-bond donors (Lipinski definition) is 2. The number of hydrogen-bond acceptors (Lipinski definition) is 3. The van der Waals surface area contributed by atoms with Gasteiger partial charge in [-0.2, -0.15) is 0 Å². The average Bonchev–Trinajstić information content (AvgIpc) is 2.86. The van der Waals surface area contributed by atoms with E-state index in [1.807, 2.05) is 72.8 Å². The molecule has 0 atom stereocenters. The number of carboxylic acid groups (broad SMARTS) is 1. The monoisotopic (exact) mass is 471 g/mol. The van der Waals surface area contributed by atoms with E-state index >= 15 is 0 Å². The van der Waals surface area contributed by atoms with E-state index in [9.17, 15) is 13.2 Å². The molecule has 0 fully saturated rings. The van der Waals surface area contributed by atoms with Gasteiger partial charge in [-0.05, 0) is 71.8 Å². The highest BCUT2D eigenvalue weighted by Gasteiger charge is 2.16. The molecule has 4 rings (SSSR count). The zero-order chi connectivity index (χ0) is 24.0. The van der Waals surface area contributed by atoms with E-state index in [0.717, 1.165) is 35.1 Å². The first kappa shape index (κ1) is 23.3. The number of aromatic carboxylic acids is 1. The standard InChI is InChI=1S/C28H25NO4S/c30-28(31)25-15-13-21(14-16-25)7-6-11-24-10-4-5-12-27(24)29-34(32,33)26-19-17-23(18-20-26)22-8-2-1-3-9-22/h1-5,8-10,12-20,29H,6-7,11H2,(H,30,31). The molecular weight excluding hydrogens is 446 g/mol. The Morgan fingerprint density at radius 3 is 2.00 bits per heavy atom. The molecule has 0 heterocycles. The molecule has 172 valence electrons. The summed E-state index contributed by atoms with van der Waals surface area (Å²) in [4.78, 5) is 11.2. The Labute approximate surface area is 199 Å². The Bertz CT molecular complexity index is 1360. The molecule has 34 heavy (non-hydrogen) atoms. The Balaban J connectivity index is 1.43. The van der Waals surface area contributed by atoms with Crippen molar-refractivity contribution in [3.8, 4) is 11.1 Å². The second-order valence-corrected chi connectivity index (χ2v) is 9.69. The van der Waals surface area contributed by atoms with Gasteiger partial charge in [0.1, 0.15) is 0 Å². The topological polar surface area (TPSA) is 83.5 Å². The first-order valence-corrected chi connectivity index (χ1v) is 12.5. The molecule has 6 heteroatoms. The number of para-hydroxylation sites is 1. The van der Waals surface area contributed by atoms with Crippen LogP contribution in [0.15, 0.2) is 108 Å². The molecule has 4 aromatic carbocycles. The van der Waals surface area contributed by atoms with Crippen molar-refractivity contribution in [1.29, 1.82) is 0 Å². The van der Waals surface area contributed by atoms with Gasteiger partial charge in [-0.3, -0.25) is 4.72 Å². The van der Waals surface area contributed by atoms with E-state index in [1.54, 1.807) is 30.3 Å². The Morgan fingerprint density at radius 2 is 1.32 bits per heavy atom. The third kappa shape index (κ3) is 5.71. The van der Waals surface area contributed by atoms with Crippen molar-refractivity contribution in [2.75, 3.05) is 4.72 Å². The molecule has 0 radical (unpaired) electrons. The molecule has 4 aromatic rings. The number of nitrogens with one attached hydrogen (secondary N) is 1. The summed E-state index contributed by atoms with van der Waals surface area (Å²) in [5.41, 5.74) is 4.77. The lowest BCUT2D eigenvalue weighted by molar-refractivity contribution is 0.0697. The first-order valence-electron chi connectivity index (χ1n) is 11.0. The number of carbonyl (C=O) groups is 1. The molecular formula is C28H25NO4S. The number of carboxylic acids is 1. The van der Waals surface area contributed by atoms with Gasteiger partial charge < -0.3 is 5.11 Å². The Hall–Kier alpha value is -3.90. The molecule has 0 amide bonds. The molecule has 0 aliphatic rings. The van der Waals surface area contributed by atoms with Gasteiger partial charge in [-0.15, -0.1) is 0 Å². The predicted molar refractivity (Wildman–Crippen MR) is 135 cm³/mol. The van der Waals surface area contributed by atoms with Gasteiger partial charge in [-0.25, -0.2) is 13.2 Å². The van der Waals surface area contributed by atoms with Crippen molar-refractivity contribution in [3.05, 3.63) is 120 Å². The van der Waals surface area contributed by atoms with E-state index in [2.05, 4.69) is 4.72 Å². The van der Waals surface area contributed by atoms with Crippen molar-refractivity contribution in [2.24, 2.45) is 0 Å². The third-order valence-electron chi connectivity index (χ3n) is 5.65. The Morgan fingerprint density at radius 1 is 0.706 bits per heavy atom. The van der Waals surface area contributed by atoms with Crippen LogP contribution in [0.25, 0.3) is 11.1 Å². The number of sulfonamides is 1. The van der Waals surface area contributed by atoms with Crippen LogP contribution in [0.2, 0.25) is 0 Å². The fraction of sp³-hybridized carbons (Fsp3) is 0.107. The average molecular weight is 472 g/mol. The number of rotatable bonds is 9. The highest BCUT2D eigenvalue weighted by Crippen LogP contribution is 2.25. The summed E-state index contributed by atoms with van der Waals surface area (Å²) in [6, 6.07) is 30.9. The molecule has 0 spiro atoms. The zero-order valence-electron chi connectivity index (χ0n) is 18.5. The summed E-state index contributed by atoms with van der Waals surface area (Å²) < 4.78 is 28.8. The van der Waals surface area contributed by atoms with Crippen LogP contribution < -0.4 is 4.72 Å². The maximum Gasteiger partial charge on any atom is 0.335 e. The number of anilines is 1. The fourth-order valence-corrected chi connectivity index (χ4v) is 4.90. The smallest absolute Gasteiger partial charge is 0.335 e. The zero-order valence-corrected chi connectivity index (χ0v) is 19.3. The minimum Gasteiger partial charge on any atom is -0.478 e. The molecule has 5 nitrogen and oxygen atoms in total. The van der Waals surface area contributed by atoms with Gasteiger partial charge in [0.25, 0.3) is 10.0 Å². The second kappa shape index (κ2) is 10.4. The maximum atomic E-state index is 13.0. The molecule has 0 aliphatic heterocycles. The van der Waals surface area contributed by atoms with Crippen LogP contribution in [0, 0.1) is 0 Å². The summed E-state index contributed by atoms with van der Waals surface area (Å²) in [5.74, 6) is -0.942. The van der Waals surface area contributed by atoms with Crippen LogP contribution in [0.3, 0.4) is 0 Å². The highest BCUT2D eigenvalue weighted by atomic mass is 32.2. The Kier molecular flexibility index (Phi) is 7.09. The normalized spacial score (nSPS) is 11.2. The highest BCUT2D eigenvalue weighted by molar-refractivity contribution is 7.92.